The van der Waals surface area contributed by atoms with Gasteiger partial charge in [-0.3, -0.25) is 14.4 Å². The van der Waals surface area contributed by atoms with Gasteiger partial charge >= 0.3 is 0 Å². The lowest BCUT2D eigenvalue weighted by molar-refractivity contribution is -0.107. The molecule has 0 spiro atoms. The zero-order valence-electron chi connectivity index (χ0n) is 18.2. The molecule has 3 aromatic rings. The zero-order valence-corrected chi connectivity index (χ0v) is 18.2. The van der Waals surface area contributed by atoms with Crippen LogP contribution in [0.5, 0.6) is 0 Å². The van der Waals surface area contributed by atoms with E-state index in [-0.39, 0.29) is 29.8 Å². The number of benzene rings is 1. The average molecular weight is 440 g/mol. The monoisotopic (exact) mass is 440 g/mol. The number of carbonyl (C=O) groups is 2. The van der Waals surface area contributed by atoms with Gasteiger partial charge < -0.3 is 14.8 Å². The maximum atomic E-state index is 13.8. The van der Waals surface area contributed by atoms with Crippen LogP contribution in [-0.2, 0) is 24.8 Å². The van der Waals surface area contributed by atoms with Gasteiger partial charge in [0, 0.05) is 37.5 Å². The molecule has 0 radical (unpaired) electrons. The zero-order chi connectivity index (χ0) is 23.3. The van der Waals surface area contributed by atoms with Crippen molar-refractivity contribution in [1.82, 2.24) is 24.6 Å². The van der Waals surface area contributed by atoms with E-state index in [2.05, 4.69) is 15.4 Å². The Morgan fingerprint density at radius 2 is 2.03 bits per heavy atom. The molecule has 0 bridgehead atoms. The number of anilines is 1. The highest BCUT2D eigenvalue weighted by Crippen LogP contribution is 2.18. The number of amides is 2. The number of pyridine rings is 1. The molecule has 2 aromatic heterocycles. The normalized spacial score (nSPS) is 11.8. The van der Waals surface area contributed by atoms with E-state index in [9.17, 15) is 18.8 Å². The molecule has 0 aliphatic heterocycles. The first-order chi connectivity index (χ1) is 15.3. The van der Waals surface area contributed by atoms with Crippen molar-refractivity contribution in [2.24, 2.45) is 7.05 Å². The van der Waals surface area contributed by atoms with Crippen molar-refractivity contribution >= 4 is 18.0 Å². The van der Waals surface area contributed by atoms with Crippen LogP contribution in [0.25, 0.3) is 0 Å². The third-order valence-electron chi connectivity index (χ3n) is 5.17. The summed E-state index contributed by atoms with van der Waals surface area (Å²) in [7, 11) is 3.26. The van der Waals surface area contributed by atoms with Crippen molar-refractivity contribution < 1.29 is 14.0 Å². The highest BCUT2D eigenvalue weighted by Gasteiger charge is 2.17. The van der Waals surface area contributed by atoms with Crippen molar-refractivity contribution in [3.05, 3.63) is 76.0 Å². The number of nitrogens with one attached hydrogen (secondary N) is 1. The van der Waals surface area contributed by atoms with Crippen LogP contribution in [0.15, 0.2) is 47.5 Å². The number of carbonyl (C=O) groups excluding carboxylic acids is 2. The second-order valence-corrected chi connectivity index (χ2v) is 7.55. The van der Waals surface area contributed by atoms with Crippen molar-refractivity contribution in [2.75, 3.05) is 11.9 Å². The Hall–Kier alpha value is -3.82. The van der Waals surface area contributed by atoms with Crippen molar-refractivity contribution in [3.8, 4) is 0 Å². The number of aromatic nitrogens is 4. The summed E-state index contributed by atoms with van der Waals surface area (Å²) in [6, 6.07) is 9.12. The minimum absolute atomic E-state index is 0.0123. The van der Waals surface area contributed by atoms with Crippen LogP contribution in [0.4, 0.5) is 10.1 Å². The lowest BCUT2D eigenvalue weighted by atomic mass is 10.1. The Balaban J connectivity index is 1.62. The molecule has 0 aliphatic rings. The highest BCUT2D eigenvalue weighted by molar-refractivity contribution is 5.90. The summed E-state index contributed by atoms with van der Waals surface area (Å²) in [4.78, 5) is 41.1. The van der Waals surface area contributed by atoms with Gasteiger partial charge in [-0.05, 0) is 31.9 Å². The molecule has 2 heterocycles. The third-order valence-corrected chi connectivity index (χ3v) is 5.17. The first-order valence-corrected chi connectivity index (χ1v) is 10.1. The molecule has 1 unspecified atom stereocenters. The van der Waals surface area contributed by atoms with Gasteiger partial charge in [-0.2, -0.15) is 0 Å². The Morgan fingerprint density at radius 3 is 2.75 bits per heavy atom. The number of hydrogen-bond donors (Lipinski definition) is 1. The van der Waals surface area contributed by atoms with E-state index >= 15 is 0 Å². The van der Waals surface area contributed by atoms with Gasteiger partial charge in [0.25, 0.3) is 11.5 Å². The van der Waals surface area contributed by atoms with Gasteiger partial charge in [0.05, 0.1) is 12.2 Å². The molecular formula is C22H25FN6O3. The minimum Gasteiger partial charge on any atom is -0.347 e. The summed E-state index contributed by atoms with van der Waals surface area (Å²) in [5, 5.41) is 6.96. The van der Waals surface area contributed by atoms with Gasteiger partial charge in [-0.1, -0.05) is 18.2 Å². The molecular weight excluding hydrogens is 415 g/mol. The lowest BCUT2D eigenvalue weighted by Crippen LogP contribution is -2.34. The molecule has 1 aromatic carbocycles. The Labute approximate surface area is 184 Å². The molecule has 32 heavy (non-hydrogen) atoms. The second kappa shape index (κ2) is 9.99. The first-order valence-electron chi connectivity index (χ1n) is 10.1. The van der Waals surface area contributed by atoms with Crippen LogP contribution in [-0.4, -0.2) is 44.7 Å². The van der Waals surface area contributed by atoms with Crippen LogP contribution in [0, 0.1) is 5.82 Å². The maximum Gasteiger partial charge on any atom is 0.291 e. The summed E-state index contributed by atoms with van der Waals surface area (Å²) in [6.45, 7) is 2.00. The predicted octanol–water partition coefficient (Wildman–Crippen LogP) is 1.51. The smallest absolute Gasteiger partial charge is 0.291 e. The fraction of sp³-hybridized carbons (Fsp3) is 0.318. The maximum absolute atomic E-state index is 13.8. The van der Waals surface area contributed by atoms with Crippen LogP contribution >= 0.6 is 0 Å². The third kappa shape index (κ3) is 5.26. The SMILES string of the molecule is CC(CCc1c(N(C)C=O)ccc(=O)n1C)NC(=O)c1ncn(Cc2ccccc2F)n1. The lowest BCUT2D eigenvalue weighted by Gasteiger charge is -2.20. The highest BCUT2D eigenvalue weighted by atomic mass is 19.1. The van der Waals surface area contributed by atoms with Gasteiger partial charge in [0.2, 0.25) is 12.2 Å². The van der Waals surface area contributed by atoms with E-state index in [4.69, 9.17) is 0 Å². The molecule has 0 saturated heterocycles. The van der Waals surface area contributed by atoms with Crippen LogP contribution in [0.3, 0.4) is 0 Å². The van der Waals surface area contributed by atoms with E-state index in [1.807, 2.05) is 6.92 Å². The number of halogens is 1. The van der Waals surface area contributed by atoms with E-state index in [0.717, 1.165) is 0 Å². The molecule has 0 fully saturated rings. The Bertz CT molecular complexity index is 1170. The van der Waals surface area contributed by atoms with E-state index in [1.54, 1.807) is 38.4 Å². The van der Waals surface area contributed by atoms with Gasteiger partial charge in [0.1, 0.15) is 12.1 Å². The fourth-order valence-electron chi connectivity index (χ4n) is 3.33. The summed E-state index contributed by atoms with van der Waals surface area (Å²) in [5.41, 5.74) is 1.60. The second-order valence-electron chi connectivity index (χ2n) is 7.55. The first kappa shape index (κ1) is 22.9. The summed E-state index contributed by atoms with van der Waals surface area (Å²) in [6.07, 6.45) is 3.06. The largest absolute Gasteiger partial charge is 0.347 e. The minimum atomic E-state index is -0.447. The molecule has 2 amide bonds. The topological polar surface area (TPSA) is 102 Å². The summed E-state index contributed by atoms with van der Waals surface area (Å²) in [5.74, 6) is -0.809. The van der Waals surface area contributed by atoms with E-state index in [0.29, 0.717) is 36.2 Å². The molecule has 9 nitrogen and oxygen atoms in total. The number of hydrogen-bond acceptors (Lipinski definition) is 5. The average Bonchev–Trinajstić information content (AvgIpc) is 3.24. The van der Waals surface area contributed by atoms with Gasteiger partial charge in [-0.15, -0.1) is 5.10 Å². The molecule has 168 valence electrons. The molecule has 1 atom stereocenters. The molecule has 0 saturated carbocycles. The van der Waals surface area contributed by atoms with Crippen molar-refractivity contribution in [2.45, 2.75) is 32.4 Å². The number of nitrogens with zero attached hydrogens (tertiary/aromatic N) is 5. The standard InChI is InChI=1S/C22H25FN6O3/c1-15(8-9-19-18(27(2)14-30)10-11-20(31)28(19)3)25-22(32)21-24-13-29(26-21)12-16-6-4-5-7-17(16)23/h4-7,10-11,13-15H,8-9,12H2,1-3H3,(H,25,32). The van der Waals surface area contributed by atoms with Crippen LogP contribution in [0.2, 0.25) is 0 Å². The predicted molar refractivity (Wildman–Crippen MR) is 117 cm³/mol. The number of rotatable bonds is 9. The van der Waals surface area contributed by atoms with E-state index < -0.39 is 5.91 Å². The molecule has 10 heteroatoms. The van der Waals surface area contributed by atoms with Gasteiger partial charge in [-0.25, -0.2) is 14.1 Å². The Kier molecular flexibility index (Phi) is 7.14. The van der Waals surface area contributed by atoms with Crippen molar-refractivity contribution in [1.29, 1.82) is 0 Å². The van der Waals surface area contributed by atoms with E-state index in [1.165, 1.54) is 32.6 Å². The molecule has 3 rings (SSSR count). The van der Waals surface area contributed by atoms with Crippen molar-refractivity contribution in [3.63, 3.8) is 0 Å². The van der Waals surface area contributed by atoms with Crippen LogP contribution in [0.1, 0.15) is 35.2 Å². The van der Waals surface area contributed by atoms with Crippen LogP contribution < -0.4 is 15.8 Å². The Morgan fingerprint density at radius 1 is 1.28 bits per heavy atom. The van der Waals surface area contributed by atoms with Gasteiger partial charge in [0.15, 0.2) is 0 Å². The molecule has 0 aliphatic carbocycles. The summed E-state index contributed by atoms with van der Waals surface area (Å²) >= 11 is 0. The fourth-order valence-corrected chi connectivity index (χ4v) is 3.33. The molecule has 1 N–H and O–H groups in total. The quantitative estimate of drug-likeness (QED) is 0.508. The summed E-state index contributed by atoms with van der Waals surface area (Å²) < 4.78 is 16.7.